The number of hydrogen-bond donors (Lipinski definition) is 2. The van der Waals surface area contributed by atoms with Crippen LogP contribution in [-0.4, -0.2) is 34.8 Å². The Morgan fingerprint density at radius 1 is 1.33 bits per heavy atom. The van der Waals surface area contributed by atoms with Crippen LogP contribution in [0.5, 0.6) is 0 Å². The zero-order valence-corrected chi connectivity index (χ0v) is 12.3. The van der Waals surface area contributed by atoms with E-state index in [1.165, 1.54) is 17.6 Å². The lowest BCUT2D eigenvalue weighted by Gasteiger charge is -1.92. The van der Waals surface area contributed by atoms with Crippen molar-refractivity contribution in [3.05, 3.63) is 15.5 Å². The van der Waals surface area contributed by atoms with Gasteiger partial charge in [-0.1, -0.05) is 6.92 Å². The molecule has 2 N–H and O–H groups in total. The van der Waals surface area contributed by atoms with Gasteiger partial charge in [0.2, 0.25) is 4.77 Å². The Hall–Kier alpha value is -1.06. The van der Waals surface area contributed by atoms with E-state index in [4.69, 9.17) is 12.2 Å². The highest BCUT2D eigenvalue weighted by atomic mass is 32.2. The summed E-state index contributed by atoms with van der Waals surface area (Å²) in [5.41, 5.74) is 0.830. The number of rotatable bonds is 4. The minimum absolute atomic E-state index is 0.0458. The Bertz CT molecular complexity index is 710. The molecular weight excluding hydrogens is 292 g/mol. The molecule has 0 aliphatic carbocycles. The second-order valence-electron chi connectivity index (χ2n) is 3.82. The minimum atomic E-state index is -3.08. The summed E-state index contributed by atoms with van der Waals surface area (Å²) in [6.45, 7) is 1.96. The smallest absolute Gasteiger partial charge is 0.213 e. The van der Waals surface area contributed by atoms with E-state index in [0.717, 1.165) is 10.6 Å². The third kappa shape index (κ3) is 3.03. The predicted octanol–water partition coefficient (Wildman–Crippen LogP) is 1.70. The molecule has 98 valence electrons. The second-order valence-corrected chi connectivity index (χ2v) is 7.43. The van der Waals surface area contributed by atoms with Gasteiger partial charge in [-0.25, -0.2) is 13.4 Å². The van der Waals surface area contributed by atoms with Gasteiger partial charge in [-0.3, -0.25) is 10.2 Å². The van der Waals surface area contributed by atoms with Crippen molar-refractivity contribution in [3.63, 3.8) is 0 Å². The van der Waals surface area contributed by atoms with Crippen molar-refractivity contribution in [1.82, 2.24) is 20.2 Å². The summed E-state index contributed by atoms with van der Waals surface area (Å²) in [5.74, 6) is 0.560. The van der Waals surface area contributed by atoms with Crippen molar-refractivity contribution in [3.8, 4) is 10.7 Å². The summed E-state index contributed by atoms with van der Waals surface area (Å²) in [6.07, 6.45) is 1.91. The highest BCUT2D eigenvalue weighted by molar-refractivity contribution is 7.90. The normalized spacial score (nSPS) is 11.9. The molecular formula is C9H12N4O2S3. The Morgan fingerprint density at radius 3 is 2.56 bits per heavy atom. The Morgan fingerprint density at radius 2 is 2.06 bits per heavy atom. The summed E-state index contributed by atoms with van der Waals surface area (Å²) >= 11 is 6.22. The molecule has 0 aromatic carbocycles. The highest BCUT2D eigenvalue weighted by Crippen LogP contribution is 2.28. The lowest BCUT2D eigenvalue weighted by molar-refractivity contribution is 0.601. The van der Waals surface area contributed by atoms with Crippen LogP contribution in [-0.2, 0) is 22.0 Å². The first kappa shape index (κ1) is 13.4. The maximum Gasteiger partial charge on any atom is 0.213 e. The number of nitrogens with zero attached hydrogens (tertiary/aromatic N) is 2. The van der Waals surface area contributed by atoms with Crippen LogP contribution in [0.4, 0.5) is 0 Å². The molecule has 0 atom stereocenters. The van der Waals surface area contributed by atoms with Gasteiger partial charge in [0.15, 0.2) is 15.7 Å². The fourth-order valence-electron chi connectivity index (χ4n) is 1.49. The Labute approximate surface area is 113 Å². The molecule has 0 radical (unpaired) electrons. The molecule has 0 bridgehead atoms. The first-order valence-electron chi connectivity index (χ1n) is 5.20. The summed E-state index contributed by atoms with van der Waals surface area (Å²) in [4.78, 5) is 9.29. The lowest BCUT2D eigenvalue weighted by Crippen LogP contribution is -2.00. The van der Waals surface area contributed by atoms with Crippen molar-refractivity contribution in [2.24, 2.45) is 0 Å². The van der Waals surface area contributed by atoms with Gasteiger partial charge >= 0.3 is 0 Å². The summed E-state index contributed by atoms with van der Waals surface area (Å²) < 4.78 is 22.9. The Kier molecular flexibility index (Phi) is 3.64. The lowest BCUT2D eigenvalue weighted by atomic mass is 10.3. The molecule has 0 aliphatic rings. The van der Waals surface area contributed by atoms with Crippen LogP contribution >= 0.6 is 23.6 Å². The van der Waals surface area contributed by atoms with Crippen molar-refractivity contribution < 1.29 is 8.42 Å². The first-order valence-corrected chi connectivity index (χ1v) is 8.49. The van der Waals surface area contributed by atoms with Gasteiger partial charge in [0, 0.05) is 6.26 Å². The molecule has 0 saturated carbocycles. The van der Waals surface area contributed by atoms with Crippen molar-refractivity contribution in [1.29, 1.82) is 0 Å². The molecule has 2 aromatic rings. The van der Waals surface area contributed by atoms with Crippen molar-refractivity contribution in [2.45, 2.75) is 19.1 Å². The number of H-pyrrole nitrogens is 2. The van der Waals surface area contributed by atoms with Crippen LogP contribution in [0.25, 0.3) is 10.7 Å². The molecule has 18 heavy (non-hydrogen) atoms. The van der Waals surface area contributed by atoms with Crippen molar-refractivity contribution in [2.75, 3.05) is 6.26 Å². The van der Waals surface area contributed by atoms with Crippen LogP contribution in [0, 0.1) is 4.77 Å². The van der Waals surface area contributed by atoms with E-state index < -0.39 is 9.84 Å². The number of sulfone groups is 1. The molecule has 0 unspecified atom stereocenters. The number of hydrogen-bond acceptors (Lipinski definition) is 6. The third-order valence-electron chi connectivity index (χ3n) is 2.18. The topological polar surface area (TPSA) is 91.5 Å². The van der Waals surface area contributed by atoms with E-state index in [-0.39, 0.29) is 5.75 Å². The average molecular weight is 304 g/mol. The number of thiazole rings is 1. The van der Waals surface area contributed by atoms with Crippen LogP contribution in [0.1, 0.15) is 17.6 Å². The van der Waals surface area contributed by atoms with E-state index in [0.29, 0.717) is 22.0 Å². The predicted molar refractivity (Wildman–Crippen MR) is 72.8 cm³/mol. The minimum Gasteiger partial charge on any atom is -0.281 e. The van der Waals surface area contributed by atoms with Gasteiger partial charge in [0.1, 0.15) is 10.8 Å². The van der Waals surface area contributed by atoms with Crippen LogP contribution < -0.4 is 0 Å². The largest absolute Gasteiger partial charge is 0.281 e. The standard InChI is InChI=1S/C9H12N4O2S3/c1-3-5-7(8-11-9(16)13-12-8)17-6(10-5)4-18(2,14)15/h3-4H2,1-2H3,(H2,11,12,13,16). The van der Waals surface area contributed by atoms with E-state index in [9.17, 15) is 8.42 Å². The second kappa shape index (κ2) is 4.90. The van der Waals surface area contributed by atoms with Crippen LogP contribution in [0.3, 0.4) is 0 Å². The SMILES string of the molecule is CCc1nc(CS(C)(=O)=O)sc1-c1nc(=S)[nH][nH]1. The summed E-state index contributed by atoms with van der Waals surface area (Å²) in [7, 11) is -3.08. The van der Waals surface area contributed by atoms with Crippen molar-refractivity contribution >= 4 is 33.4 Å². The van der Waals surface area contributed by atoms with Crippen LogP contribution in [0.15, 0.2) is 0 Å². The summed E-state index contributed by atoms with van der Waals surface area (Å²) in [6, 6.07) is 0. The van der Waals surface area contributed by atoms with E-state index >= 15 is 0 Å². The van der Waals surface area contributed by atoms with Gasteiger partial charge in [0.05, 0.1) is 10.6 Å². The molecule has 0 amide bonds. The highest BCUT2D eigenvalue weighted by Gasteiger charge is 2.16. The molecule has 0 spiro atoms. The first-order chi connectivity index (χ1) is 8.39. The summed E-state index contributed by atoms with van der Waals surface area (Å²) in [5, 5.41) is 6.14. The average Bonchev–Trinajstić information content (AvgIpc) is 2.81. The molecule has 2 heterocycles. The molecule has 9 heteroatoms. The van der Waals surface area contributed by atoms with Gasteiger partial charge in [-0.2, -0.15) is 4.98 Å². The molecule has 0 aliphatic heterocycles. The molecule has 2 rings (SSSR count). The number of nitrogens with one attached hydrogen (secondary N) is 2. The number of aromatic nitrogens is 4. The Balaban J connectivity index is 2.45. The van der Waals surface area contributed by atoms with Gasteiger partial charge in [-0.15, -0.1) is 11.3 Å². The molecule has 0 saturated heterocycles. The van der Waals surface area contributed by atoms with E-state index in [1.54, 1.807) is 0 Å². The fraction of sp³-hybridized carbons (Fsp3) is 0.444. The molecule has 0 fully saturated rings. The zero-order valence-electron chi connectivity index (χ0n) is 9.85. The fourth-order valence-corrected chi connectivity index (χ4v) is 3.92. The van der Waals surface area contributed by atoms with E-state index in [2.05, 4.69) is 20.2 Å². The maximum absolute atomic E-state index is 11.3. The molecule has 6 nitrogen and oxygen atoms in total. The quantitative estimate of drug-likeness (QED) is 0.839. The van der Waals surface area contributed by atoms with Crippen LogP contribution in [0.2, 0.25) is 0 Å². The zero-order chi connectivity index (χ0) is 13.3. The third-order valence-corrected chi connectivity index (χ3v) is 4.46. The van der Waals surface area contributed by atoms with Gasteiger partial charge < -0.3 is 0 Å². The van der Waals surface area contributed by atoms with Gasteiger partial charge in [0.25, 0.3) is 0 Å². The number of aryl methyl sites for hydroxylation is 1. The number of aromatic amines is 2. The van der Waals surface area contributed by atoms with E-state index in [1.807, 2.05) is 6.92 Å². The van der Waals surface area contributed by atoms with Gasteiger partial charge in [-0.05, 0) is 18.6 Å². The monoisotopic (exact) mass is 304 g/mol. The maximum atomic E-state index is 11.3. The molecule has 2 aromatic heterocycles.